The van der Waals surface area contributed by atoms with E-state index in [1.54, 1.807) is 16.9 Å². The summed E-state index contributed by atoms with van der Waals surface area (Å²) in [5.41, 5.74) is 1.97. The minimum atomic E-state index is -0.735. The lowest BCUT2D eigenvalue weighted by Crippen LogP contribution is -2.08. The number of benzene rings is 1. The largest absolute Gasteiger partial charge is 0.481 e. The van der Waals surface area contributed by atoms with Gasteiger partial charge in [0.2, 0.25) is 0 Å². The van der Waals surface area contributed by atoms with E-state index in [0.29, 0.717) is 11.1 Å². The number of rotatable bonds is 5. The molecular formula is C15H15ClN2O2. The lowest BCUT2D eigenvalue weighted by atomic mass is 9.91. The second kappa shape index (κ2) is 5.29. The molecule has 1 unspecified atom stereocenters. The van der Waals surface area contributed by atoms with Crippen molar-refractivity contribution in [3.8, 4) is 5.69 Å². The van der Waals surface area contributed by atoms with Crippen LogP contribution in [0.4, 0.5) is 0 Å². The predicted molar refractivity (Wildman–Crippen MR) is 76.3 cm³/mol. The number of aromatic nitrogens is 2. The average Bonchev–Trinajstić information content (AvgIpc) is 3.18. The monoisotopic (exact) mass is 290 g/mol. The number of carboxylic acids is 1. The second-order valence-electron chi connectivity index (χ2n) is 5.20. The summed E-state index contributed by atoms with van der Waals surface area (Å²) in [6.45, 7) is 0. The van der Waals surface area contributed by atoms with E-state index in [-0.39, 0.29) is 12.3 Å². The second-order valence-corrected chi connectivity index (χ2v) is 5.59. The molecule has 0 amide bonds. The van der Waals surface area contributed by atoms with Crippen LogP contribution in [0.1, 0.15) is 30.7 Å². The van der Waals surface area contributed by atoms with Gasteiger partial charge in [0.1, 0.15) is 5.15 Å². The van der Waals surface area contributed by atoms with Crippen molar-refractivity contribution in [2.45, 2.75) is 25.2 Å². The highest BCUT2D eigenvalue weighted by molar-refractivity contribution is 6.29. The van der Waals surface area contributed by atoms with Crippen LogP contribution in [0.5, 0.6) is 0 Å². The Morgan fingerprint density at radius 3 is 2.55 bits per heavy atom. The maximum absolute atomic E-state index is 11.0. The maximum Gasteiger partial charge on any atom is 0.303 e. The number of hydrogen-bond acceptors (Lipinski definition) is 2. The molecule has 20 heavy (non-hydrogen) atoms. The van der Waals surface area contributed by atoms with Crippen molar-refractivity contribution in [2.24, 2.45) is 5.92 Å². The Morgan fingerprint density at radius 2 is 2.05 bits per heavy atom. The van der Waals surface area contributed by atoms with Gasteiger partial charge >= 0.3 is 5.97 Å². The van der Waals surface area contributed by atoms with Gasteiger partial charge in [-0.1, -0.05) is 23.7 Å². The molecule has 1 heterocycles. The topological polar surface area (TPSA) is 55.1 Å². The first-order valence-electron chi connectivity index (χ1n) is 6.67. The standard InChI is InChI=1S/C15H15ClN2O2/c16-14-7-8-17-18(14)12-5-3-11(4-6-12)13(9-15(19)20)10-1-2-10/h3-8,10,13H,1-2,9H2,(H,19,20). The van der Waals surface area contributed by atoms with Gasteiger partial charge < -0.3 is 5.11 Å². The maximum atomic E-state index is 11.0. The number of nitrogens with zero attached hydrogens (tertiary/aromatic N) is 2. The van der Waals surface area contributed by atoms with E-state index in [0.717, 1.165) is 24.1 Å². The molecule has 0 spiro atoms. The number of halogens is 1. The zero-order valence-corrected chi connectivity index (χ0v) is 11.6. The van der Waals surface area contributed by atoms with Crippen molar-refractivity contribution in [3.63, 3.8) is 0 Å². The van der Waals surface area contributed by atoms with Crippen molar-refractivity contribution < 1.29 is 9.90 Å². The van der Waals surface area contributed by atoms with E-state index in [4.69, 9.17) is 16.7 Å². The lowest BCUT2D eigenvalue weighted by Gasteiger charge is -2.15. The van der Waals surface area contributed by atoms with Gasteiger partial charge in [-0.25, -0.2) is 4.68 Å². The van der Waals surface area contributed by atoms with Crippen molar-refractivity contribution in [3.05, 3.63) is 47.2 Å². The zero-order chi connectivity index (χ0) is 14.1. The number of hydrogen-bond donors (Lipinski definition) is 1. The van der Waals surface area contributed by atoms with Crippen LogP contribution in [-0.2, 0) is 4.79 Å². The van der Waals surface area contributed by atoms with Gasteiger partial charge in [0.05, 0.1) is 18.3 Å². The van der Waals surface area contributed by atoms with Crippen LogP contribution in [0, 0.1) is 5.92 Å². The molecule has 0 bridgehead atoms. The van der Waals surface area contributed by atoms with Crippen LogP contribution in [-0.4, -0.2) is 20.9 Å². The summed E-state index contributed by atoms with van der Waals surface area (Å²) in [4.78, 5) is 11.0. The highest BCUT2D eigenvalue weighted by atomic mass is 35.5. The van der Waals surface area contributed by atoms with Crippen LogP contribution in [0.15, 0.2) is 36.5 Å². The molecule has 0 saturated heterocycles. The zero-order valence-electron chi connectivity index (χ0n) is 10.9. The van der Waals surface area contributed by atoms with E-state index in [9.17, 15) is 4.79 Å². The van der Waals surface area contributed by atoms with Crippen molar-refractivity contribution in [1.29, 1.82) is 0 Å². The highest BCUT2D eigenvalue weighted by Crippen LogP contribution is 2.44. The smallest absolute Gasteiger partial charge is 0.303 e. The molecule has 1 saturated carbocycles. The molecule has 3 rings (SSSR count). The van der Waals surface area contributed by atoms with Crippen molar-refractivity contribution in [2.75, 3.05) is 0 Å². The number of carbonyl (C=O) groups is 1. The summed E-state index contributed by atoms with van der Waals surface area (Å²) in [5.74, 6) is -0.0963. The Hall–Kier alpha value is -1.81. The van der Waals surface area contributed by atoms with Gasteiger partial charge in [0, 0.05) is 0 Å². The Balaban J connectivity index is 1.84. The molecule has 104 valence electrons. The summed E-state index contributed by atoms with van der Waals surface area (Å²) in [6.07, 6.45) is 4.11. The highest BCUT2D eigenvalue weighted by Gasteiger charge is 2.33. The van der Waals surface area contributed by atoms with E-state index >= 15 is 0 Å². The third kappa shape index (κ3) is 2.70. The fourth-order valence-electron chi connectivity index (χ4n) is 2.58. The minimum absolute atomic E-state index is 0.120. The Bertz CT molecular complexity index is 617. The first-order valence-corrected chi connectivity index (χ1v) is 7.04. The molecule has 1 aliphatic carbocycles. The first-order chi connectivity index (χ1) is 9.65. The van der Waals surface area contributed by atoms with E-state index < -0.39 is 5.97 Å². The molecule has 1 aliphatic rings. The van der Waals surface area contributed by atoms with Gasteiger partial charge in [0.15, 0.2) is 0 Å². The number of carboxylic acid groups (broad SMARTS) is 1. The normalized spacial score (nSPS) is 16.1. The van der Waals surface area contributed by atoms with Crippen molar-refractivity contribution in [1.82, 2.24) is 9.78 Å². The van der Waals surface area contributed by atoms with Crippen LogP contribution in [0.2, 0.25) is 5.15 Å². The van der Waals surface area contributed by atoms with Crippen LogP contribution < -0.4 is 0 Å². The molecule has 1 atom stereocenters. The first kappa shape index (κ1) is 13.2. The molecule has 2 aromatic rings. The van der Waals surface area contributed by atoms with Crippen molar-refractivity contribution >= 4 is 17.6 Å². The molecule has 0 aliphatic heterocycles. The SMILES string of the molecule is O=C(O)CC(c1ccc(-n2nccc2Cl)cc1)C1CC1. The quantitative estimate of drug-likeness (QED) is 0.917. The number of aliphatic carboxylic acids is 1. The summed E-state index contributed by atoms with van der Waals surface area (Å²) >= 11 is 6.03. The van der Waals surface area contributed by atoms with Gasteiger partial charge in [-0.2, -0.15) is 5.10 Å². The Labute approximate surface area is 122 Å². The van der Waals surface area contributed by atoms with Gasteiger partial charge in [0.25, 0.3) is 0 Å². The molecule has 1 fully saturated rings. The van der Waals surface area contributed by atoms with Crippen LogP contribution in [0.3, 0.4) is 0 Å². The molecule has 1 N–H and O–H groups in total. The lowest BCUT2D eigenvalue weighted by molar-refractivity contribution is -0.137. The van der Waals surface area contributed by atoms with E-state index in [1.807, 2.05) is 24.3 Å². The molecule has 4 nitrogen and oxygen atoms in total. The molecule has 1 aromatic carbocycles. The fourth-order valence-corrected chi connectivity index (χ4v) is 2.78. The summed E-state index contributed by atoms with van der Waals surface area (Å²) < 4.78 is 1.65. The molecular weight excluding hydrogens is 276 g/mol. The van der Waals surface area contributed by atoms with Gasteiger partial charge in [-0.3, -0.25) is 4.79 Å². The average molecular weight is 291 g/mol. The fraction of sp³-hybridized carbons (Fsp3) is 0.333. The van der Waals surface area contributed by atoms with E-state index in [1.165, 1.54) is 0 Å². The Morgan fingerprint density at radius 1 is 1.35 bits per heavy atom. The van der Waals surface area contributed by atoms with Gasteiger partial charge in [-0.15, -0.1) is 0 Å². The molecule has 5 heteroatoms. The third-order valence-corrected chi connectivity index (χ3v) is 4.03. The summed E-state index contributed by atoms with van der Waals surface area (Å²) in [7, 11) is 0. The molecule has 1 aromatic heterocycles. The predicted octanol–water partition coefficient (Wildman–Crippen LogP) is 3.49. The van der Waals surface area contributed by atoms with Gasteiger partial charge in [-0.05, 0) is 48.4 Å². The third-order valence-electron chi connectivity index (χ3n) is 3.75. The van der Waals surface area contributed by atoms with E-state index in [2.05, 4.69) is 5.10 Å². The minimum Gasteiger partial charge on any atom is -0.481 e. The Kier molecular flexibility index (Phi) is 3.49. The summed E-state index contributed by atoms with van der Waals surface area (Å²) in [5, 5.41) is 13.7. The summed E-state index contributed by atoms with van der Waals surface area (Å²) in [6, 6.07) is 9.57. The van der Waals surface area contributed by atoms with Crippen LogP contribution in [0.25, 0.3) is 5.69 Å². The molecule has 0 radical (unpaired) electrons. The van der Waals surface area contributed by atoms with Crippen LogP contribution >= 0.6 is 11.6 Å².